The van der Waals surface area contributed by atoms with Crippen molar-refractivity contribution in [2.75, 3.05) is 25.0 Å². The lowest BCUT2D eigenvalue weighted by molar-refractivity contribution is -0.150. The molecule has 1 aliphatic rings. The summed E-state index contributed by atoms with van der Waals surface area (Å²) in [4.78, 5) is 26.0. The fourth-order valence-electron chi connectivity index (χ4n) is 2.82. The zero-order valence-electron chi connectivity index (χ0n) is 13.9. The number of anilines is 1. The summed E-state index contributed by atoms with van der Waals surface area (Å²) in [6, 6.07) is 2.79. The lowest BCUT2D eigenvalue weighted by Crippen LogP contribution is -2.48. The average molecular weight is 340 g/mol. The Morgan fingerprint density at radius 1 is 1.38 bits per heavy atom. The number of rotatable bonds is 5. The van der Waals surface area contributed by atoms with Crippen molar-refractivity contribution in [3.8, 4) is 0 Å². The summed E-state index contributed by atoms with van der Waals surface area (Å²) in [5.74, 6) is -2.70. The molecule has 0 bridgehead atoms. The smallest absolute Gasteiger partial charge is 0.310 e. The quantitative estimate of drug-likeness (QED) is 0.837. The van der Waals surface area contributed by atoms with Crippen LogP contribution in [0.4, 0.5) is 14.5 Å². The topological polar surface area (TPSA) is 58.6 Å². The van der Waals surface area contributed by atoms with Crippen LogP contribution in [0.3, 0.4) is 0 Å². The van der Waals surface area contributed by atoms with Gasteiger partial charge >= 0.3 is 5.97 Å². The molecule has 0 saturated carbocycles. The first-order valence-corrected chi connectivity index (χ1v) is 8.09. The summed E-state index contributed by atoms with van der Waals surface area (Å²) in [6.07, 6.45) is 1.47. The summed E-state index contributed by atoms with van der Waals surface area (Å²) in [7, 11) is 0. The van der Waals surface area contributed by atoms with Crippen LogP contribution in [0.15, 0.2) is 18.2 Å². The molecule has 2 atom stereocenters. The molecule has 7 heteroatoms. The number of carbonyl (C=O) groups excluding carboxylic acids is 2. The van der Waals surface area contributed by atoms with E-state index in [0.717, 1.165) is 18.6 Å². The fraction of sp³-hybridized carbons (Fsp3) is 0.529. The van der Waals surface area contributed by atoms with Crippen LogP contribution < -0.4 is 5.32 Å². The van der Waals surface area contributed by atoms with Crippen molar-refractivity contribution in [3.05, 3.63) is 29.8 Å². The maximum Gasteiger partial charge on any atom is 0.310 e. The normalized spacial score (nSPS) is 19.6. The molecule has 0 aliphatic carbocycles. The largest absolute Gasteiger partial charge is 0.466 e. The van der Waals surface area contributed by atoms with E-state index in [9.17, 15) is 18.4 Å². The van der Waals surface area contributed by atoms with E-state index in [0.29, 0.717) is 26.1 Å². The fourth-order valence-corrected chi connectivity index (χ4v) is 2.82. The second-order valence-corrected chi connectivity index (χ2v) is 5.85. The zero-order valence-corrected chi connectivity index (χ0v) is 13.9. The molecule has 2 rings (SSSR count). The lowest BCUT2D eigenvalue weighted by Gasteiger charge is -2.35. The summed E-state index contributed by atoms with van der Waals surface area (Å²) in [5.41, 5.74) is -0.451. The molecule has 0 spiro atoms. The van der Waals surface area contributed by atoms with Crippen molar-refractivity contribution >= 4 is 17.6 Å². The maximum atomic E-state index is 13.6. The molecular formula is C17H22F2N2O3. The molecule has 1 aliphatic heterocycles. The molecule has 0 aromatic heterocycles. The van der Waals surface area contributed by atoms with E-state index in [2.05, 4.69) is 5.32 Å². The van der Waals surface area contributed by atoms with Gasteiger partial charge in [0, 0.05) is 6.54 Å². The van der Waals surface area contributed by atoms with Crippen LogP contribution in [-0.4, -0.2) is 42.5 Å². The monoisotopic (exact) mass is 340 g/mol. The highest BCUT2D eigenvalue weighted by Gasteiger charge is 2.32. The Bertz CT molecular complexity index is 589. The van der Waals surface area contributed by atoms with Gasteiger partial charge in [-0.1, -0.05) is 6.07 Å². The maximum absolute atomic E-state index is 13.6. The molecule has 1 N–H and O–H groups in total. The first-order chi connectivity index (χ1) is 11.4. The molecule has 1 aromatic rings. The van der Waals surface area contributed by atoms with E-state index in [1.54, 1.807) is 13.8 Å². The van der Waals surface area contributed by atoms with Gasteiger partial charge in [-0.3, -0.25) is 14.5 Å². The summed E-state index contributed by atoms with van der Waals surface area (Å²) < 4.78 is 32.3. The molecular weight excluding hydrogens is 318 g/mol. The van der Waals surface area contributed by atoms with Crippen molar-refractivity contribution in [1.29, 1.82) is 0 Å². The van der Waals surface area contributed by atoms with Gasteiger partial charge in [0.25, 0.3) is 0 Å². The van der Waals surface area contributed by atoms with Gasteiger partial charge in [-0.05, 0) is 45.4 Å². The van der Waals surface area contributed by atoms with E-state index in [1.165, 1.54) is 6.07 Å². The number of hydrogen-bond acceptors (Lipinski definition) is 4. The number of para-hydroxylation sites is 1. The Hall–Kier alpha value is -2.02. The predicted octanol–water partition coefficient (Wildman–Crippen LogP) is 2.57. The number of ether oxygens (including phenoxy) is 1. The Balaban J connectivity index is 2.01. The van der Waals surface area contributed by atoms with Crippen molar-refractivity contribution in [2.45, 2.75) is 32.7 Å². The molecule has 1 aromatic carbocycles. The summed E-state index contributed by atoms with van der Waals surface area (Å²) in [6.45, 7) is 4.76. The molecule has 24 heavy (non-hydrogen) atoms. The van der Waals surface area contributed by atoms with Crippen LogP contribution in [0.25, 0.3) is 0 Å². The van der Waals surface area contributed by atoms with Gasteiger partial charge in [0.05, 0.1) is 18.6 Å². The Morgan fingerprint density at radius 3 is 2.67 bits per heavy atom. The lowest BCUT2D eigenvalue weighted by atomic mass is 9.97. The minimum Gasteiger partial charge on any atom is -0.466 e. The van der Waals surface area contributed by atoms with E-state index >= 15 is 0 Å². The van der Waals surface area contributed by atoms with Crippen molar-refractivity contribution in [2.24, 2.45) is 5.92 Å². The molecule has 1 amide bonds. The van der Waals surface area contributed by atoms with Crippen molar-refractivity contribution < 1.29 is 23.1 Å². The number of nitrogens with one attached hydrogen (secondary N) is 1. The highest BCUT2D eigenvalue weighted by atomic mass is 19.1. The molecule has 0 unspecified atom stereocenters. The average Bonchev–Trinajstić information content (AvgIpc) is 2.57. The van der Waals surface area contributed by atoms with Crippen LogP contribution in [0, 0.1) is 17.6 Å². The van der Waals surface area contributed by atoms with Gasteiger partial charge in [-0.15, -0.1) is 0 Å². The van der Waals surface area contributed by atoms with Crippen LogP contribution in [-0.2, 0) is 14.3 Å². The van der Waals surface area contributed by atoms with E-state index in [1.807, 2.05) is 4.90 Å². The highest BCUT2D eigenvalue weighted by Crippen LogP contribution is 2.22. The molecule has 1 heterocycles. The molecule has 1 saturated heterocycles. The van der Waals surface area contributed by atoms with E-state index in [4.69, 9.17) is 4.74 Å². The predicted molar refractivity (Wildman–Crippen MR) is 85.4 cm³/mol. The SMILES string of the molecule is CCOC(=O)[C@H]1CCCN([C@@H](C)C(=O)Nc2c(F)cccc2F)C1. The van der Waals surface area contributed by atoms with Crippen LogP contribution in [0.1, 0.15) is 26.7 Å². The molecule has 0 radical (unpaired) electrons. The Labute approximate surface area is 140 Å². The number of hydrogen-bond donors (Lipinski definition) is 1. The summed E-state index contributed by atoms with van der Waals surface area (Å²) in [5, 5.41) is 2.30. The number of piperidine rings is 1. The minimum atomic E-state index is -0.821. The Kier molecular flexibility index (Phi) is 6.25. The van der Waals surface area contributed by atoms with Gasteiger partial charge in [-0.25, -0.2) is 8.78 Å². The van der Waals surface area contributed by atoms with Gasteiger partial charge in [-0.2, -0.15) is 0 Å². The van der Waals surface area contributed by atoms with Crippen LogP contribution >= 0.6 is 0 Å². The van der Waals surface area contributed by atoms with Crippen LogP contribution in [0.2, 0.25) is 0 Å². The van der Waals surface area contributed by atoms with Gasteiger partial charge < -0.3 is 10.1 Å². The third-order valence-electron chi connectivity index (χ3n) is 4.21. The van der Waals surface area contributed by atoms with Crippen molar-refractivity contribution in [1.82, 2.24) is 4.90 Å². The number of halogens is 2. The highest BCUT2D eigenvalue weighted by molar-refractivity contribution is 5.94. The van der Waals surface area contributed by atoms with Crippen molar-refractivity contribution in [3.63, 3.8) is 0 Å². The molecule has 1 fully saturated rings. The second-order valence-electron chi connectivity index (χ2n) is 5.85. The number of nitrogens with zero attached hydrogens (tertiary/aromatic N) is 1. The van der Waals surface area contributed by atoms with Gasteiger partial charge in [0.2, 0.25) is 5.91 Å². The number of esters is 1. The minimum absolute atomic E-state index is 0.269. The number of amides is 1. The number of carbonyl (C=O) groups is 2. The molecule has 132 valence electrons. The summed E-state index contributed by atoms with van der Waals surface area (Å²) >= 11 is 0. The second kappa shape index (κ2) is 8.19. The number of benzene rings is 1. The third-order valence-corrected chi connectivity index (χ3v) is 4.21. The van der Waals surface area contributed by atoms with Crippen LogP contribution in [0.5, 0.6) is 0 Å². The van der Waals surface area contributed by atoms with Gasteiger partial charge in [0.15, 0.2) is 0 Å². The number of likely N-dealkylation sites (tertiary alicyclic amines) is 1. The standard InChI is InChI=1S/C17H22F2N2O3/c1-3-24-17(23)12-6-5-9-21(10-12)11(2)16(22)20-15-13(18)7-4-8-14(15)19/h4,7-8,11-12H,3,5-6,9-10H2,1-2H3,(H,20,22)/t11-,12-/m0/s1. The third kappa shape index (κ3) is 4.29. The Morgan fingerprint density at radius 2 is 2.04 bits per heavy atom. The first-order valence-electron chi connectivity index (χ1n) is 8.09. The van der Waals surface area contributed by atoms with E-state index < -0.39 is 29.3 Å². The van der Waals surface area contributed by atoms with Gasteiger partial charge in [0.1, 0.15) is 17.3 Å². The zero-order chi connectivity index (χ0) is 17.7. The molecule has 5 nitrogen and oxygen atoms in total. The first kappa shape index (κ1) is 18.3. The van der Waals surface area contributed by atoms with E-state index in [-0.39, 0.29) is 11.9 Å².